The van der Waals surface area contributed by atoms with Crippen molar-refractivity contribution in [3.8, 4) is 11.5 Å². The minimum absolute atomic E-state index is 0.194. The molecule has 2 heterocycles. The third kappa shape index (κ3) is 6.09. The van der Waals surface area contributed by atoms with Crippen molar-refractivity contribution in [1.82, 2.24) is 20.6 Å². The smallest absolute Gasteiger partial charge is 0.338 e. The highest BCUT2D eigenvalue weighted by Gasteiger charge is 2.32. The first kappa shape index (κ1) is 28.2. The number of methoxy groups -OCH3 is 1. The summed E-state index contributed by atoms with van der Waals surface area (Å²) in [6.45, 7) is 7.44. The number of hydrogen-bond acceptors (Lipinski definition) is 7. The first-order chi connectivity index (χ1) is 19.2. The fourth-order valence-corrected chi connectivity index (χ4v) is 4.52. The Bertz CT molecular complexity index is 1490. The van der Waals surface area contributed by atoms with Gasteiger partial charge in [-0.25, -0.2) is 15.0 Å². The van der Waals surface area contributed by atoms with E-state index in [4.69, 9.17) is 14.2 Å². The van der Waals surface area contributed by atoms with Crippen LogP contribution in [0, 0.1) is 0 Å². The number of hydrogen-bond donors (Lipinski definition) is 3. The zero-order valence-electron chi connectivity index (χ0n) is 23.1. The van der Waals surface area contributed by atoms with Gasteiger partial charge in [-0.1, -0.05) is 24.3 Å². The second-order valence-corrected chi connectivity index (χ2v) is 9.39. The average molecular weight is 548 g/mol. The quantitative estimate of drug-likeness (QED) is 0.200. The van der Waals surface area contributed by atoms with Gasteiger partial charge in [0.05, 0.1) is 31.5 Å². The van der Waals surface area contributed by atoms with Crippen LogP contribution in [-0.2, 0) is 14.3 Å². The van der Waals surface area contributed by atoms with Gasteiger partial charge in [0.2, 0.25) is 0 Å². The predicted octanol–water partition coefficient (Wildman–Crippen LogP) is 3.95. The molecular weight excluding hydrogens is 514 g/mol. The van der Waals surface area contributed by atoms with Crippen molar-refractivity contribution in [3.05, 3.63) is 71.1 Å². The summed E-state index contributed by atoms with van der Waals surface area (Å²) in [6, 6.07) is 12.0. The molecule has 3 aromatic rings. The van der Waals surface area contributed by atoms with Gasteiger partial charge in [0.1, 0.15) is 0 Å². The van der Waals surface area contributed by atoms with E-state index in [1.807, 2.05) is 30.5 Å². The van der Waals surface area contributed by atoms with Gasteiger partial charge in [0.15, 0.2) is 18.1 Å². The standard InChI is InChI=1S/C29H33N5O6/c1-6-39-28(36)26-18(4)31-29(37)32-27(26)19-11-12-23(24(13-19)38-5)40-16-25(35)33-30-14-20-15-34(17(2)3)22-10-8-7-9-21(20)22/h7-15,17,27H,6,16H2,1-5H3,(H,33,35)(H2,31,32,37)/b30-14-/t27-/m1/s1. The Balaban J connectivity index is 1.44. The number of ether oxygens (including phenoxy) is 3. The molecule has 0 spiro atoms. The van der Waals surface area contributed by atoms with Crippen LogP contribution in [-0.4, -0.2) is 49.0 Å². The fourth-order valence-electron chi connectivity index (χ4n) is 4.52. The summed E-state index contributed by atoms with van der Waals surface area (Å²) in [5.74, 6) is -0.362. The summed E-state index contributed by atoms with van der Waals surface area (Å²) in [5.41, 5.74) is 5.73. The van der Waals surface area contributed by atoms with Gasteiger partial charge in [-0.05, 0) is 51.5 Å². The van der Waals surface area contributed by atoms with Crippen LogP contribution in [0.15, 0.2) is 65.0 Å². The molecule has 40 heavy (non-hydrogen) atoms. The predicted molar refractivity (Wildman–Crippen MR) is 150 cm³/mol. The molecule has 11 nitrogen and oxygen atoms in total. The summed E-state index contributed by atoms with van der Waals surface area (Å²) in [6.07, 6.45) is 3.61. The Morgan fingerprint density at radius 3 is 2.67 bits per heavy atom. The van der Waals surface area contributed by atoms with Crippen molar-refractivity contribution >= 4 is 35.0 Å². The third-order valence-electron chi connectivity index (χ3n) is 6.36. The molecule has 11 heteroatoms. The van der Waals surface area contributed by atoms with Crippen molar-refractivity contribution in [2.75, 3.05) is 20.3 Å². The highest BCUT2D eigenvalue weighted by molar-refractivity contribution is 6.00. The first-order valence-corrected chi connectivity index (χ1v) is 12.9. The molecule has 0 saturated heterocycles. The molecular formula is C29H33N5O6. The van der Waals surface area contributed by atoms with Crippen molar-refractivity contribution in [2.45, 2.75) is 39.8 Å². The van der Waals surface area contributed by atoms with Crippen LogP contribution in [0.4, 0.5) is 4.79 Å². The number of carbonyl (C=O) groups is 3. The van der Waals surface area contributed by atoms with Gasteiger partial charge in [0.25, 0.3) is 5.91 Å². The normalized spacial score (nSPS) is 15.2. The van der Waals surface area contributed by atoms with Gasteiger partial charge >= 0.3 is 12.0 Å². The molecule has 2 aromatic carbocycles. The lowest BCUT2D eigenvalue weighted by molar-refractivity contribution is -0.139. The van der Waals surface area contributed by atoms with Gasteiger partial charge < -0.3 is 29.4 Å². The van der Waals surface area contributed by atoms with E-state index in [1.165, 1.54) is 7.11 Å². The Morgan fingerprint density at radius 1 is 1.18 bits per heavy atom. The van der Waals surface area contributed by atoms with Crippen molar-refractivity contribution in [2.24, 2.45) is 5.10 Å². The lowest BCUT2D eigenvalue weighted by Gasteiger charge is -2.28. The molecule has 1 aromatic heterocycles. The highest BCUT2D eigenvalue weighted by atomic mass is 16.5. The van der Waals surface area contributed by atoms with E-state index in [-0.39, 0.29) is 24.8 Å². The second kappa shape index (κ2) is 12.4. The van der Waals surface area contributed by atoms with Crippen LogP contribution in [0.3, 0.4) is 0 Å². The fraction of sp³-hybridized carbons (Fsp3) is 0.310. The molecule has 0 radical (unpaired) electrons. The molecule has 3 N–H and O–H groups in total. The molecule has 3 amide bonds. The molecule has 0 unspecified atom stereocenters. The van der Waals surface area contributed by atoms with Crippen LogP contribution < -0.4 is 25.5 Å². The largest absolute Gasteiger partial charge is 0.493 e. The van der Waals surface area contributed by atoms with E-state index in [0.29, 0.717) is 22.8 Å². The van der Waals surface area contributed by atoms with Gasteiger partial charge in [0, 0.05) is 34.4 Å². The molecule has 0 bridgehead atoms. The van der Waals surface area contributed by atoms with Crippen LogP contribution in [0.1, 0.15) is 50.9 Å². The van der Waals surface area contributed by atoms with Crippen molar-refractivity contribution in [3.63, 3.8) is 0 Å². The van der Waals surface area contributed by atoms with E-state index in [2.05, 4.69) is 39.6 Å². The Hall–Kier alpha value is -4.80. The monoisotopic (exact) mass is 547 g/mol. The summed E-state index contributed by atoms with van der Waals surface area (Å²) in [5, 5.41) is 10.5. The van der Waals surface area contributed by atoms with E-state index in [9.17, 15) is 14.4 Å². The van der Waals surface area contributed by atoms with E-state index >= 15 is 0 Å². The number of fused-ring (bicyclic) bond motifs is 1. The summed E-state index contributed by atoms with van der Waals surface area (Å²) in [7, 11) is 1.46. The van der Waals surface area contributed by atoms with E-state index < -0.39 is 23.9 Å². The number of aromatic nitrogens is 1. The van der Waals surface area contributed by atoms with Crippen LogP contribution in [0.2, 0.25) is 0 Å². The summed E-state index contributed by atoms with van der Waals surface area (Å²) in [4.78, 5) is 37.2. The average Bonchev–Trinajstić information content (AvgIpc) is 3.30. The first-order valence-electron chi connectivity index (χ1n) is 12.9. The number of nitrogens with one attached hydrogen (secondary N) is 3. The molecule has 1 atom stereocenters. The zero-order chi connectivity index (χ0) is 28.8. The molecule has 0 aliphatic carbocycles. The minimum atomic E-state index is -0.755. The van der Waals surface area contributed by atoms with E-state index in [1.54, 1.807) is 38.3 Å². The molecule has 0 fully saturated rings. The molecule has 1 aliphatic heterocycles. The number of nitrogens with zero attached hydrogens (tertiary/aromatic N) is 2. The number of allylic oxidation sites excluding steroid dienone is 1. The number of esters is 1. The van der Waals surface area contributed by atoms with Gasteiger partial charge in [-0.15, -0.1) is 0 Å². The molecule has 4 rings (SSSR count). The zero-order valence-corrected chi connectivity index (χ0v) is 23.1. The number of hydrazone groups is 1. The van der Waals surface area contributed by atoms with Gasteiger partial charge in [-0.3, -0.25) is 4.79 Å². The van der Waals surface area contributed by atoms with Crippen LogP contribution >= 0.6 is 0 Å². The number of urea groups is 1. The summed E-state index contributed by atoms with van der Waals surface area (Å²) < 4.78 is 18.5. The highest BCUT2D eigenvalue weighted by Crippen LogP contribution is 2.34. The number of carbonyl (C=O) groups excluding carboxylic acids is 3. The lowest BCUT2D eigenvalue weighted by atomic mass is 9.95. The molecule has 0 saturated carbocycles. The van der Waals surface area contributed by atoms with Crippen molar-refractivity contribution < 1.29 is 28.6 Å². The second-order valence-electron chi connectivity index (χ2n) is 9.39. The minimum Gasteiger partial charge on any atom is -0.493 e. The van der Waals surface area contributed by atoms with Crippen LogP contribution in [0.25, 0.3) is 10.9 Å². The molecule has 210 valence electrons. The topological polar surface area (TPSA) is 132 Å². The maximum Gasteiger partial charge on any atom is 0.338 e. The lowest BCUT2D eigenvalue weighted by Crippen LogP contribution is -2.45. The van der Waals surface area contributed by atoms with Crippen molar-refractivity contribution in [1.29, 1.82) is 0 Å². The Labute approximate surface area is 232 Å². The maximum absolute atomic E-state index is 12.6. The SMILES string of the molecule is CCOC(=O)C1=C(C)NC(=O)N[C@@H]1c1ccc(OCC(=O)N/N=C\c2cn(C(C)C)c3ccccc23)c(OC)c1. The van der Waals surface area contributed by atoms with E-state index in [0.717, 1.165) is 16.5 Å². The number of benzene rings is 2. The third-order valence-corrected chi connectivity index (χ3v) is 6.36. The summed E-state index contributed by atoms with van der Waals surface area (Å²) >= 11 is 0. The number of para-hydroxylation sites is 1. The Morgan fingerprint density at radius 2 is 1.95 bits per heavy atom. The molecule has 1 aliphatic rings. The Kier molecular flexibility index (Phi) is 8.73. The maximum atomic E-state index is 12.6. The van der Waals surface area contributed by atoms with Crippen LogP contribution in [0.5, 0.6) is 11.5 Å². The van der Waals surface area contributed by atoms with Gasteiger partial charge in [-0.2, -0.15) is 5.10 Å². The number of rotatable bonds is 10. The number of amides is 3.